The van der Waals surface area contributed by atoms with Gasteiger partial charge < -0.3 is 20.8 Å². The summed E-state index contributed by atoms with van der Waals surface area (Å²) < 4.78 is 1.69. The van der Waals surface area contributed by atoms with Gasteiger partial charge in [-0.2, -0.15) is 19.6 Å². The first kappa shape index (κ1) is 23.2. The van der Waals surface area contributed by atoms with Crippen molar-refractivity contribution in [2.24, 2.45) is 0 Å². The average Bonchev–Trinajstić information content (AvgIpc) is 3.30. The first-order valence-corrected chi connectivity index (χ1v) is 12.1. The van der Waals surface area contributed by atoms with E-state index in [0.717, 1.165) is 28.8 Å². The van der Waals surface area contributed by atoms with Crippen LogP contribution < -0.4 is 10.6 Å². The second-order valence-electron chi connectivity index (χ2n) is 9.37. The Morgan fingerprint density at radius 1 is 1.00 bits per heavy atom. The highest BCUT2D eigenvalue weighted by Gasteiger charge is 2.31. The number of aliphatic hydroxyl groups excluding tert-OH is 2. The highest BCUT2D eigenvalue weighted by atomic mass is 16.3. The Morgan fingerprint density at radius 3 is 2.46 bits per heavy atom. The second-order valence-corrected chi connectivity index (χ2v) is 9.37. The maximum atomic E-state index is 10.4. The van der Waals surface area contributed by atoms with Crippen molar-refractivity contribution in [3.63, 3.8) is 0 Å². The minimum atomic E-state index is -0.654. The van der Waals surface area contributed by atoms with Crippen LogP contribution in [-0.4, -0.2) is 53.0 Å². The van der Waals surface area contributed by atoms with Crippen LogP contribution in [0.2, 0.25) is 0 Å². The molecule has 0 saturated heterocycles. The molecule has 182 valence electrons. The van der Waals surface area contributed by atoms with Gasteiger partial charge in [0.05, 0.1) is 30.1 Å². The molecule has 4 aromatic rings. The van der Waals surface area contributed by atoms with E-state index < -0.39 is 18.2 Å². The predicted octanol–water partition coefficient (Wildman–Crippen LogP) is 3.61. The van der Waals surface area contributed by atoms with E-state index in [1.165, 1.54) is 0 Å². The normalized spacial score (nSPS) is 20.3. The van der Waals surface area contributed by atoms with Crippen LogP contribution in [0.4, 0.5) is 11.9 Å². The molecule has 4 N–H and O–H groups in total. The van der Waals surface area contributed by atoms with Crippen LogP contribution in [0, 0.1) is 0 Å². The molecule has 0 spiro atoms. The summed E-state index contributed by atoms with van der Waals surface area (Å²) in [4.78, 5) is 13.9. The van der Waals surface area contributed by atoms with Crippen molar-refractivity contribution in [2.45, 2.75) is 63.8 Å². The molecule has 35 heavy (non-hydrogen) atoms. The molecule has 1 aliphatic carbocycles. The Balaban J connectivity index is 1.40. The molecular weight excluding hydrogens is 442 g/mol. The third-order valence-electron chi connectivity index (χ3n) is 6.49. The van der Waals surface area contributed by atoms with Crippen molar-refractivity contribution in [1.29, 1.82) is 0 Å². The van der Waals surface area contributed by atoms with Crippen LogP contribution in [0.5, 0.6) is 0 Å². The zero-order valence-corrected chi connectivity index (χ0v) is 20.0. The molecular formula is C26H31N7O2. The lowest BCUT2D eigenvalue weighted by Crippen LogP contribution is -2.47. The molecule has 3 aromatic heterocycles. The van der Waals surface area contributed by atoms with E-state index in [4.69, 9.17) is 0 Å². The molecule has 1 aromatic carbocycles. The number of nitrogens with zero attached hydrogens (tertiary/aromatic N) is 5. The first-order chi connectivity index (χ1) is 17.0. The van der Waals surface area contributed by atoms with Crippen LogP contribution in [0.1, 0.15) is 50.2 Å². The van der Waals surface area contributed by atoms with Crippen molar-refractivity contribution in [2.75, 3.05) is 10.6 Å². The number of nitrogens with one attached hydrogen (secondary N) is 2. The molecule has 1 aliphatic rings. The molecule has 0 bridgehead atoms. The summed E-state index contributed by atoms with van der Waals surface area (Å²) in [6.45, 7) is 4.68. The van der Waals surface area contributed by atoms with Gasteiger partial charge in [0.25, 0.3) is 0 Å². The van der Waals surface area contributed by atoms with Crippen LogP contribution >= 0.6 is 0 Å². The minimum Gasteiger partial charge on any atom is -0.391 e. The Labute approximate surface area is 204 Å². The lowest BCUT2D eigenvalue weighted by molar-refractivity contribution is 0.0258. The number of anilines is 2. The van der Waals surface area contributed by atoms with Crippen molar-refractivity contribution >= 4 is 17.5 Å². The zero-order chi connectivity index (χ0) is 24.4. The summed E-state index contributed by atoms with van der Waals surface area (Å²) in [7, 11) is 0. The van der Waals surface area contributed by atoms with Gasteiger partial charge in [0, 0.05) is 23.9 Å². The van der Waals surface area contributed by atoms with E-state index in [-0.39, 0.29) is 5.92 Å². The van der Waals surface area contributed by atoms with E-state index in [1.807, 2.05) is 54.9 Å². The third kappa shape index (κ3) is 4.96. The number of pyridine rings is 1. The molecule has 1 saturated carbocycles. The second kappa shape index (κ2) is 9.97. The molecule has 2 unspecified atom stereocenters. The van der Waals surface area contributed by atoms with E-state index in [1.54, 1.807) is 4.52 Å². The van der Waals surface area contributed by atoms with Gasteiger partial charge in [0.2, 0.25) is 11.9 Å². The lowest BCUT2D eigenvalue weighted by Gasteiger charge is -2.32. The van der Waals surface area contributed by atoms with Crippen molar-refractivity contribution in [3.05, 3.63) is 66.0 Å². The summed E-state index contributed by atoms with van der Waals surface area (Å²) in [5.41, 5.74) is 4.68. The number of aliphatic hydroxyl groups is 2. The fraction of sp³-hybridized carbons (Fsp3) is 0.385. The fourth-order valence-electron chi connectivity index (χ4n) is 4.46. The van der Waals surface area contributed by atoms with E-state index in [2.05, 4.69) is 44.5 Å². The molecule has 1 fully saturated rings. The highest BCUT2D eigenvalue weighted by molar-refractivity contribution is 5.59. The molecule has 3 heterocycles. The summed E-state index contributed by atoms with van der Waals surface area (Å²) in [5, 5.41) is 31.9. The largest absolute Gasteiger partial charge is 0.391 e. The van der Waals surface area contributed by atoms with E-state index >= 15 is 0 Å². The molecule has 0 amide bonds. The highest BCUT2D eigenvalue weighted by Crippen LogP contribution is 2.25. The van der Waals surface area contributed by atoms with Crippen LogP contribution in [0.15, 0.2) is 54.9 Å². The Morgan fingerprint density at radius 2 is 1.77 bits per heavy atom. The van der Waals surface area contributed by atoms with E-state index in [9.17, 15) is 10.2 Å². The SMILES string of the molecule is CC(C)c1cnn2c(NCc3ccc(-c4ccccc4)nc3)nc(NC3C(O)CCCC3O)nc12. The quantitative estimate of drug-likeness (QED) is 0.321. The summed E-state index contributed by atoms with van der Waals surface area (Å²) in [6, 6.07) is 13.6. The monoisotopic (exact) mass is 473 g/mol. The van der Waals surface area contributed by atoms with Gasteiger partial charge in [-0.1, -0.05) is 50.2 Å². The summed E-state index contributed by atoms with van der Waals surface area (Å²) in [5.74, 6) is 1.10. The summed E-state index contributed by atoms with van der Waals surface area (Å²) in [6.07, 6.45) is 4.42. The fourth-order valence-corrected chi connectivity index (χ4v) is 4.46. The molecule has 9 heteroatoms. The van der Waals surface area contributed by atoms with Gasteiger partial charge in [0.1, 0.15) is 0 Å². The number of rotatable bonds is 7. The number of aromatic nitrogens is 5. The number of fused-ring (bicyclic) bond motifs is 1. The number of benzene rings is 1. The predicted molar refractivity (Wildman–Crippen MR) is 135 cm³/mol. The molecule has 0 radical (unpaired) electrons. The standard InChI is InChI=1S/C26H31N7O2/c1-16(2)19-15-29-33-24(19)31-25(30-23-21(34)9-6-10-22(23)35)32-26(33)28-14-17-11-12-20(27-13-17)18-7-4-3-5-8-18/h3-5,7-8,11-13,15-16,21-23,34-35H,6,9-10,14H2,1-2H3,(H2,28,30,31,32). The molecule has 5 rings (SSSR count). The summed E-state index contributed by atoms with van der Waals surface area (Å²) >= 11 is 0. The number of hydrogen-bond acceptors (Lipinski definition) is 8. The zero-order valence-electron chi connectivity index (χ0n) is 20.0. The van der Waals surface area contributed by atoms with Gasteiger partial charge in [-0.25, -0.2) is 0 Å². The van der Waals surface area contributed by atoms with E-state index in [0.29, 0.717) is 36.9 Å². The smallest absolute Gasteiger partial charge is 0.229 e. The minimum absolute atomic E-state index is 0.226. The molecule has 9 nitrogen and oxygen atoms in total. The van der Waals surface area contributed by atoms with Gasteiger partial charge in [-0.3, -0.25) is 4.98 Å². The number of hydrogen-bond donors (Lipinski definition) is 4. The van der Waals surface area contributed by atoms with Crippen LogP contribution in [0.25, 0.3) is 16.9 Å². The average molecular weight is 474 g/mol. The maximum Gasteiger partial charge on any atom is 0.229 e. The Bertz CT molecular complexity index is 1260. The van der Waals surface area contributed by atoms with Crippen molar-refractivity contribution < 1.29 is 10.2 Å². The van der Waals surface area contributed by atoms with Gasteiger partial charge >= 0.3 is 0 Å². The van der Waals surface area contributed by atoms with Gasteiger partial charge in [-0.05, 0) is 36.8 Å². The molecule has 2 atom stereocenters. The van der Waals surface area contributed by atoms with Crippen LogP contribution in [-0.2, 0) is 6.54 Å². The third-order valence-corrected chi connectivity index (χ3v) is 6.49. The van der Waals surface area contributed by atoms with Gasteiger partial charge in [0.15, 0.2) is 5.65 Å². The van der Waals surface area contributed by atoms with Gasteiger partial charge in [-0.15, -0.1) is 0 Å². The first-order valence-electron chi connectivity index (χ1n) is 12.1. The van der Waals surface area contributed by atoms with Crippen molar-refractivity contribution in [1.82, 2.24) is 24.6 Å². The van der Waals surface area contributed by atoms with Crippen molar-refractivity contribution in [3.8, 4) is 11.3 Å². The maximum absolute atomic E-state index is 10.4. The Hall–Kier alpha value is -3.56. The Kier molecular flexibility index (Phi) is 6.61. The van der Waals surface area contributed by atoms with Crippen LogP contribution in [0.3, 0.4) is 0 Å². The lowest BCUT2D eigenvalue weighted by atomic mass is 9.90. The molecule has 0 aliphatic heterocycles. The topological polar surface area (TPSA) is 120 Å².